The Morgan fingerprint density at radius 3 is 2.78 bits per heavy atom. The molecule has 0 aliphatic heterocycles. The SMILES string of the molecule is COCC(CNCc1ncnn1CC(C)C)OC. The van der Waals surface area contributed by atoms with E-state index in [2.05, 4.69) is 29.2 Å². The maximum atomic E-state index is 5.27. The third-order valence-corrected chi connectivity index (χ3v) is 2.57. The fraction of sp³-hybridized carbons (Fsp3) is 0.833. The summed E-state index contributed by atoms with van der Waals surface area (Å²) in [5, 5.41) is 7.53. The molecular weight excluding hydrogens is 232 g/mol. The molecule has 0 fully saturated rings. The molecule has 0 saturated carbocycles. The minimum Gasteiger partial charge on any atom is -0.382 e. The lowest BCUT2D eigenvalue weighted by molar-refractivity contribution is 0.0286. The molecule has 18 heavy (non-hydrogen) atoms. The summed E-state index contributed by atoms with van der Waals surface area (Å²) in [4.78, 5) is 4.26. The van der Waals surface area contributed by atoms with Gasteiger partial charge in [-0.15, -0.1) is 0 Å². The molecule has 0 amide bonds. The largest absolute Gasteiger partial charge is 0.382 e. The van der Waals surface area contributed by atoms with Crippen molar-refractivity contribution in [3.05, 3.63) is 12.2 Å². The molecule has 0 aliphatic carbocycles. The van der Waals surface area contributed by atoms with Crippen LogP contribution in [-0.2, 0) is 22.6 Å². The minimum absolute atomic E-state index is 0.0662. The molecule has 0 aliphatic rings. The van der Waals surface area contributed by atoms with Crippen molar-refractivity contribution in [3.63, 3.8) is 0 Å². The van der Waals surface area contributed by atoms with Gasteiger partial charge in [0.25, 0.3) is 0 Å². The van der Waals surface area contributed by atoms with E-state index in [4.69, 9.17) is 9.47 Å². The van der Waals surface area contributed by atoms with E-state index in [1.165, 1.54) is 0 Å². The van der Waals surface area contributed by atoms with Crippen LogP contribution in [0.1, 0.15) is 19.7 Å². The highest BCUT2D eigenvalue weighted by molar-refractivity contribution is 4.84. The van der Waals surface area contributed by atoms with Crippen molar-refractivity contribution in [1.29, 1.82) is 0 Å². The first kappa shape index (κ1) is 15.1. The number of nitrogens with one attached hydrogen (secondary N) is 1. The van der Waals surface area contributed by atoms with Crippen molar-refractivity contribution in [2.24, 2.45) is 5.92 Å². The van der Waals surface area contributed by atoms with Gasteiger partial charge in [0.2, 0.25) is 0 Å². The first-order chi connectivity index (χ1) is 8.67. The summed E-state index contributed by atoms with van der Waals surface area (Å²) in [5.41, 5.74) is 0. The normalized spacial score (nSPS) is 13.2. The van der Waals surface area contributed by atoms with Gasteiger partial charge in [0, 0.05) is 27.3 Å². The Balaban J connectivity index is 2.36. The lowest BCUT2D eigenvalue weighted by atomic mass is 10.2. The van der Waals surface area contributed by atoms with Crippen LogP contribution in [0.3, 0.4) is 0 Å². The Labute approximate surface area is 109 Å². The number of methoxy groups -OCH3 is 2. The van der Waals surface area contributed by atoms with Gasteiger partial charge >= 0.3 is 0 Å². The summed E-state index contributed by atoms with van der Waals surface area (Å²) >= 11 is 0. The van der Waals surface area contributed by atoms with E-state index in [-0.39, 0.29) is 6.10 Å². The average Bonchev–Trinajstić information content (AvgIpc) is 2.74. The molecule has 6 nitrogen and oxygen atoms in total. The fourth-order valence-corrected chi connectivity index (χ4v) is 1.66. The van der Waals surface area contributed by atoms with Crippen molar-refractivity contribution >= 4 is 0 Å². The molecule has 1 heterocycles. The van der Waals surface area contributed by atoms with E-state index in [1.54, 1.807) is 20.5 Å². The maximum absolute atomic E-state index is 5.27. The topological polar surface area (TPSA) is 61.2 Å². The smallest absolute Gasteiger partial charge is 0.140 e. The van der Waals surface area contributed by atoms with Crippen molar-refractivity contribution in [1.82, 2.24) is 20.1 Å². The van der Waals surface area contributed by atoms with E-state index in [9.17, 15) is 0 Å². The van der Waals surface area contributed by atoms with E-state index >= 15 is 0 Å². The quantitative estimate of drug-likeness (QED) is 0.704. The van der Waals surface area contributed by atoms with Gasteiger partial charge in [-0.2, -0.15) is 5.10 Å². The van der Waals surface area contributed by atoms with Crippen LogP contribution in [-0.4, -0.2) is 48.2 Å². The Morgan fingerprint density at radius 2 is 2.17 bits per heavy atom. The third-order valence-electron chi connectivity index (χ3n) is 2.57. The summed E-state index contributed by atoms with van der Waals surface area (Å²) in [7, 11) is 3.36. The predicted octanol–water partition coefficient (Wildman–Crippen LogP) is 0.685. The van der Waals surface area contributed by atoms with Gasteiger partial charge in [-0.3, -0.25) is 0 Å². The number of ether oxygens (including phenoxy) is 2. The van der Waals surface area contributed by atoms with Crippen molar-refractivity contribution in [2.45, 2.75) is 33.0 Å². The number of rotatable bonds is 9. The van der Waals surface area contributed by atoms with Crippen LogP contribution in [0.25, 0.3) is 0 Å². The van der Waals surface area contributed by atoms with Gasteiger partial charge in [0.05, 0.1) is 19.3 Å². The Hall–Kier alpha value is -0.980. The molecule has 1 N–H and O–H groups in total. The van der Waals surface area contributed by atoms with Crippen LogP contribution in [0.2, 0.25) is 0 Å². The van der Waals surface area contributed by atoms with Crippen LogP contribution < -0.4 is 5.32 Å². The zero-order valence-corrected chi connectivity index (χ0v) is 11.7. The molecule has 6 heteroatoms. The molecule has 1 unspecified atom stereocenters. The van der Waals surface area contributed by atoms with E-state index in [0.717, 1.165) is 18.9 Å². The average molecular weight is 256 g/mol. The second kappa shape index (κ2) is 8.18. The van der Waals surface area contributed by atoms with Crippen LogP contribution in [0.4, 0.5) is 0 Å². The first-order valence-electron chi connectivity index (χ1n) is 6.26. The summed E-state index contributed by atoms with van der Waals surface area (Å²) in [5.74, 6) is 1.52. The fourth-order valence-electron chi connectivity index (χ4n) is 1.66. The van der Waals surface area contributed by atoms with E-state index < -0.39 is 0 Å². The number of nitrogens with zero attached hydrogens (tertiary/aromatic N) is 3. The molecular formula is C12H24N4O2. The molecule has 0 radical (unpaired) electrons. The lowest BCUT2D eigenvalue weighted by Gasteiger charge is -2.15. The molecule has 0 spiro atoms. The van der Waals surface area contributed by atoms with Crippen LogP contribution in [0.15, 0.2) is 6.33 Å². The van der Waals surface area contributed by atoms with Crippen molar-refractivity contribution in [2.75, 3.05) is 27.4 Å². The van der Waals surface area contributed by atoms with E-state index in [1.807, 2.05) is 4.68 Å². The summed E-state index contributed by atoms with van der Waals surface area (Å²) < 4.78 is 12.3. The third kappa shape index (κ3) is 5.12. The second-order valence-electron chi connectivity index (χ2n) is 4.70. The van der Waals surface area contributed by atoms with Crippen LogP contribution in [0, 0.1) is 5.92 Å². The highest BCUT2D eigenvalue weighted by atomic mass is 16.5. The standard InChI is InChI=1S/C12H24N4O2/c1-10(2)7-16-12(14-9-15-16)6-13-5-11(18-4)8-17-3/h9-11,13H,5-8H2,1-4H3. The Kier molecular flexibility index (Phi) is 6.85. The first-order valence-corrected chi connectivity index (χ1v) is 6.26. The van der Waals surface area contributed by atoms with Crippen molar-refractivity contribution < 1.29 is 9.47 Å². The monoisotopic (exact) mass is 256 g/mol. The van der Waals surface area contributed by atoms with Crippen molar-refractivity contribution in [3.8, 4) is 0 Å². The van der Waals surface area contributed by atoms with E-state index in [0.29, 0.717) is 19.1 Å². The minimum atomic E-state index is 0.0662. The Bertz CT molecular complexity index is 328. The zero-order valence-electron chi connectivity index (χ0n) is 11.7. The van der Waals surface area contributed by atoms with Gasteiger partial charge in [-0.1, -0.05) is 13.8 Å². The maximum Gasteiger partial charge on any atom is 0.140 e. The molecule has 1 aromatic heterocycles. The highest BCUT2D eigenvalue weighted by Gasteiger charge is 2.09. The van der Waals surface area contributed by atoms with Gasteiger partial charge in [-0.25, -0.2) is 9.67 Å². The molecule has 1 aromatic rings. The second-order valence-corrected chi connectivity index (χ2v) is 4.70. The summed E-state index contributed by atoms with van der Waals surface area (Å²) in [6.07, 6.45) is 1.67. The lowest BCUT2D eigenvalue weighted by Crippen LogP contribution is -2.32. The number of hydrogen-bond acceptors (Lipinski definition) is 5. The van der Waals surface area contributed by atoms with Crippen LogP contribution >= 0.6 is 0 Å². The highest BCUT2D eigenvalue weighted by Crippen LogP contribution is 2.01. The molecule has 1 atom stereocenters. The van der Waals surface area contributed by atoms with Gasteiger partial charge in [-0.05, 0) is 5.92 Å². The molecule has 0 saturated heterocycles. The summed E-state index contributed by atoms with van der Waals surface area (Å²) in [6, 6.07) is 0. The summed E-state index contributed by atoms with van der Waals surface area (Å²) in [6.45, 7) is 7.23. The molecule has 104 valence electrons. The molecule has 0 aromatic carbocycles. The van der Waals surface area contributed by atoms with Gasteiger partial charge < -0.3 is 14.8 Å². The molecule has 0 bridgehead atoms. The molecule has 1 rings (SSSR count). The van der Waals surface area contributed by atoms with Gasteiger partial charge in [0.1, 0.15) is 12.2 Å². The Morgan fingerprint density at radius 1 is 1.39 bits per heavy atom. The van der Waals surface area contributed by atoms with Crippen LogP contribution in [0.5, 0.6) is 0 Å². The zero-order chi connectivity index (χ0) is 13.4. The van der Waals surface area contributed by atoms with Gasteiger partial charge in [0.15, 0.2) is 0 Å². The number of aromatic nitrogens is 3. The predicted molar refractivity (Wildman–Crippen MR) is 69.2 cm³/mol. The number of hydrogen-bond donors (Lipinski definition) is 1.